The zero-order chi connectivity index (χ0) is 13.7. The van der Waals surface area contributed by atoms with E-state index in [1.807, 2.05) is 6.92 Å². The summed E-state index contributed by atoms with van der Waals surface area (Å²) in [7, 11) is 0. The second-order valence-electron chi connectivity index (χ2n) is 3.82. The number of benzene rings is 1. The second kappa shape index (κ2) is 6.30. The smallest absolute Gasteiger partial charge is 0.242 e. The Hall–Kier alpha value is -1.69. The Morgan fingerprint density at radius 2 is 2.22 bits per heavy atom. The van der Waals surface area contributed by atoms with Crippen molar-refractivity contribution >= 4 is 28.8 Å². The maximum Gasteiger partial charge on any atom is 0.242 e. The van der Waals surface area contributed by atoms with Crippen LogP contribution >= 0.6 is 12.2 Å². The molecular formula is C12H16FN3OS. The lowest BCUT2D eigenvalue weighted by Crippen LogP contribution is -2.37. The maximum absolute atomic E-state index is 13.7. The van der Waals surface area contributed by atoms with Gasteiger partial charge in [0.05, 0.1) is 5.69 Å². The number of carbonyl (C=O) groups excluding carboxylic acids is 1. The fraction of sp³-hybridized carbons (Fsp3) is 0.333. The van der Waals surface area contributed by atoms with Gasteiger partial charge in [0.2, 0.25) is 5.91 Å². The Morgan fingerprint density at radius 3 is 2.72 bits per heavy atom. The van der Waals surface area contributed by atoms with Gasteiger partial charge in [-0.25, -0.2) is 4.39 Å². The van der Waals surface area contributed by atoms with Gasteiger partial charge in [-0.3, -0.25) is 4.79 Å². The molecule has 1 atom stereocenters. The number of nitrogens with one attached hydrogen (secondary N) is 2. The minimum absolute atomic E-state index is 0.136. The average molecular weight is 269 g/mol. The third-order valence-electron chi connectivity index (χ3n) is 2.37. The first-order chi connectivity index (χ1) is 8.45. The van der Waals surface area contributed by atoms with Crippen LogP contribution in [-0.4, -0.2) is 23.5 Å². The van der Waals surface area contributed by atoms with E-state index in [1.54, 1.807) is 13.0 Å². The number of halogens is 1. The molecule has 1 aromatic carbocycles. The number of amides is 1. The molecule has 1 aromatic rings. The van der Waals surface area contributed by atoms with E-state index in [0.717, 1.165) is 0 Å². The minimum atomic E-state index is -0.518. The molecular weight excluding hydrogens is 253 g/mol. The lowest BCUT2D eigenvalue weighted by Gasteiger charge is -2.15. The molecule has 0 aliphatic rings. The van der Waals surface area contributed by atoms with Gasteiger partial charge < -0.3 is 16.4 Å². The molecule has 4 N–H and O–H groups in total. The van der Waals surface area contributed by atoms with Gasteiger partial charge in [0.1, 0.15) is 16.8 Å². The third-order valence-corrected chi connectivity index (χ3v) is 2.61. The number of carbonyl (C=O) groups is 1. The van der Waals surface area contributed by atoms with Crippen molar-refractivity contribution in [2.24, 2.45) is 5.73 Å². The van der Waals surface area contributed by atoms with Crippen LogP contribution in [0.2, 0.25) is 0 Å². The van der Waals surface area contributed by atoms with Gasteiger partial charge in [0.25, 0.3) is 0 Å². The Balaban J connectivity index is 2.79. The van der Waals surface area contributed by atoms with Crippen LogP contribution in [0.1, 0.15) is 19.4 Å². The molecule has 0 spiro atoms. The summed E-state index contributed by atoms with van der Waals surface area (Å²) < 4.78 is 13.7. The standard InChI is InChI=1S/C12H16FN3OS/c1-3-15-12(17)7(2)16-10-5-4-8(11(14)18)6-9(10)13/h4-7,16H,3H2,1-2H3,(H2,14,18)(H,15,17). The molecule has 6 heteroatoms. The average Bonchev–Trinajstić information content (AvgIpc) is 2.31. The van der Waals surface area contributed by atoms with Crippen molar-refractivity contribution in [3.8, 4) is 0 Å². The van der Waals surface area contributed by atoms with Gasteiger partial charge in [0.15, 0.2) is 0 Å². The molecule has 0 bridgehead atoms. The first-order valence-corrected chi connectivity index (χ1v) is 6.00. The highest BCUT2D eigenvalue weighted by Gasteiger charge is 2.13. The predicted octanol–water partition coefficient (Wildman–Crippen LogP) is 1.40. The quantitative estimate of drug-likeness (QED) is 0.707. The Bertz CT molecular complexity index is 465. The first kappa shape index (κ1) is 14.4. The van der Waals surface area contributed by atoms with Crippen molar-refractivity contribution in [1.82, 2.24) is 5.32 Å². The zero-order valence-corrected chi connectivity index (χ0v) is 11.1. The van der Waals surface area contributed by atoms with Crippen LogP contribution < -0.4 is 16.4 Å². The van der Waals surface area contributed by atoms with Crippen molar-refractivity contribution in [1.29, 1.82) is 0 Å². The minimum Gasteiger partial charge on any atom is -0.389 e. The van der Waals surface area contributed by atoms with Gasteiger partial charge >= 0.3 is 0 Å². The number of rotatable bonds is 5. The van der Waals surface area contributed by atoms with Crippen molar-refractivity contribution in [2.75, 3.05) is 11.9 Å². The molecule has 0 radical (unpaired) electrons. The summed E-state index contributed by atoms with van der Waals surface area (Å²) in [6.07, 6.45) is 0. The Morgan fingerprint density at radius 1 is 1.56 bits per heavy atom. The predicted molar refractivity (Wildman–Crippen MR) is 74.1 cm³/mol. The van der Waals surface area contributed by atoms with Gasteiger partial charge in [0, 0.05) is 12.1 Å². The SMILES string of the molecule is CCNC(=O)C(C)Nc1ccc(C(N)=S)cc1F. The highest BCUT2D eigenvalue weighted by Crippen LogP contribution is 2.16. The molecule has 18 heavy (non-hydrogen) atoms. The lowest BCUT2D eigenvalue weighted by molar-refractivity contribution is -0.121. The second-order valence-corrected chi connectivity index (χ2v) is 4.26. The van der Waals surface area contributed by atoms with E-state index < -0.39 is 11.9 Å². The molecule has 0 heterocycles. The molecule has 0 saturated heterocycles. The fourth-order valence-corrected chi connectivity index (χ4v) is 1.54. The lowest BCUT2D eigenvalue weighted by atomic mass is 10.2. The van der Waals surface area contributed by atoms with E-state index >= 15 is 0 Å². The van der Waals surface area contributed by atoms with Crippen LogP contribution in [0.25, 0.3) is 0 Å². The van der Waals surface area contributed by atoms with Crippen LogP contribution in [0.3, 0.4) is 0 Å². The zero-order valence-electron chi connectivity index (χ0n) is 10.3. The molecule has 0 aliphatic carbocycles. The summed E-state index contributed by atoms with van der Waals surface area (Å²) in [6.45, 7) is 4.02. The number of nitrogens with two attached hydrogens (primary N) is 1. The van der Waals surface area contributed by atoms with Gasteiger partial charge in [-0.15, -0.1) is 0 Å². The topological polar surface area (TPSA) is 67.2 Å². The molecule has 1 amide bonds. The van der Waals surface area contributed by atoms with E-state index in [-0.39, 0.29) is 16.6 Å². The third kappa shape index (κ3) is 3.66. The molecule has 0 aromatic heterocycles. The van der Waals surface area contributed by atoms with E-state index in [1.165, 1.54) is 12.1 Å². The molecule has 1 unspecified atom stereocenters. The first-order valence-electron chi connectivity index (χ1n) is 5.59. The summed E-state index contributed by atoms with van der Waals surface area (Å²) in [4.78, 5) is 11.6. The summed E-state index contributed by atoms with van der Waals surface area (Å²) >= 11 is 4.76. The molecule has 0 fully saturated rings. The molecule has 98 valence electrons. The van der Waals surface area contributed by atoms with Crippen LogP contribution in [-0.2, 0) is 4.79 Å². The van der Waals surface area contributed by atoms with Crippen LogP contribution in [0.5, 0.6) is 0 Å². The van der Waals surface area contributed by atoms with Crippen LogP contribution in [0.15, 0.2) is 18.2 Å². The number of hydrogen-bond acceptors (Lipinski definition) is 3. The van der Waals surface area contributed by atoms with Crippen molar-refractivity contribution in [3.63, 3.8) is 0 Å². The number of likely N-dealkylation sites (N-methyl/N-ethyl adjacent to an activating group) is 1. The molecule has 0 aliphatic heterocycles. The van der Waals surface area contributed by atoms with E-state index in [4.69, 9.17) is 18.0 Å². The van der Waals surface area contributed by atoms with Crippen molar-refractivity contribution < 1.29 is 9.18 Å². The highest BCUT2D eigenvalue weighted by molar-refractivity contribution is 7.80. The fourth-order valence-electron chi connectivity index (χ4n) is 1.41. The maximum atomic E-state index is 13.7. The largest absolute Gasteiger partial charge is 0.389 e. The molecule has 1 rings (SSSR count). The number of anilines is 1. The monoisotopic (exact) mass is 269 g/mol. The van der Waals surface area contributed by atoms with E-state index in [2.05, 4.69) is 10.6 Å². The van der Waals surface area contributed by atoms with E-state index in [9.17, 15) is 9.18 Å². The van der Waals surface area contributed by atoms with Gasteiger partial charge in [-0.1, -0.05) is 12.2 Å². The van der Waals surface area contributed by atoms with E-state index in [0.29, 0.717) is 12.1 Å². The summed E-state index contributed by atoms with van der Waals surface area (Å²) in [5.74, 6) is -0.674. The molecule has 4 nitrogen and oxygen atoms in total. The normalized spacial score (nSPS) is 11.7. The van der Waals surface area contributed by atoms with Gasteiger partial charge in [-0.05, 0) is 32.0 Å². The Labute approximate surface area is 111 Å². The van der Waals surface area contributed by atoms with Crippen molar-refractivity contribution in [2.45, 2.75) is 19.9 Å². The van der Waals surface area contributed by atoms with Crippen LogP contribution in [0.4, 0.5) is 10.1 Å². The van der Waals surface area contributed by atoms with Crippen molar-refractivity contribution in [3.05, 3.63) is 29.6 Å². The number of thiocarbonyl (C=S) groups is 1. The Kier molecular flexibility index (Phi) is 5.03. The number of hydrogen-bond donors (Lipinski definition) is 3. The summed E-state index contributed by atoms with van der Waals surface area (Å²) in [6, 6.07) is 3.85. The van der Waals surface area contributed by atoms with Gasteiger partial charge in [-0.2, -0.15) is 0 Å². The van der Waals surface area contributed by atoms with Crippen LogP contribution in [0, 0.1) is 5.82 Å². The summed E-state index contributed by atoms with van der Waals surface area (Å²) in [5, 5.41) is 5.44. The summed E-state index contributed by atoms with van der Waals surface area (Å²) in [5.41, 5.74) is 6.10. The molecule has 0 saturated carbocycles. The highest BCUT2D eigenvalue weighted by atomic mass is 32.1.